The van der Waals surface area contributed by atoms with Crippen LogP contribution in [0.3, 0.4) is 0 Å². The Morgan fingerprint density at radius 2 is 2.00 bits per heavy atom. The first-order valence-corrected chi connectivity index (χ1v) is 9.56. The van der Waals surface area contributed by atoms with Crippen LogP contribution >= 0.6 is 22.9 Å². The van der Waals surface area contributed by atoms with Gasteiger partial charge in [-0.25, -0.2) is 13.4 Å². The van der Waals surface area contributed by atoms with Crippen LogP contribution in [0.25, 0.3) is 0 Å². The van der Waals surface area contributed by atoms with E-state index < -0.39 is 10.0 Å². The summed E-state index contributed by atoms with van der Waals surface area (Å²) in [4.78, 5) is 6.27. The van der Waals surface area contributed by atoms with Crippen LogP contribution in [0.5, 0.6) is 0 Å². The molecule has 0 radical (unpaired) electrons. The third kappa shape index (κ3) is 2.87. The van der Waals surface area contributed by atoms with E-state index in [1.807, 2.05) is 0 Å². The molecule has 0 spiro atoms. The molecule has 0 bridgehead atoms. The molecule has 2 saturated heterocycles. The molecule has 2 aliphatic heterocycles. The molecular weight excluding hydrogens is 318 g/mol. The molecule has 112 valence electrons. The Kier molecular flexibility index (Phi) is 4.33. The molecule has 20 heavy (non-hydrogen) atoms. The maximum Gasteiger partial charge on any atom is 0.254 e. The second-order valence-electron chi connectivity index (χ2n) is 5.33. The number of rotatable bonds is 3. The van der Waals surface area contributed by atoms with Crippen LogP contribution in [0.4, 0.5) is 0 Å². The molecule has 3 heterocycles. The molecule has 1 aromatic rings. The minimum absolute atomic E-state index is 0.252. The molecule has 2 aliphatic rings. The first-order chi connectivity index (χ1) is 9.57. The largest absolute Gasteiger partial charge is 0.299 e. The van der Waals surface area contributed by atoms with E-state index in [1.165, 1.54) is 25.5 Å². The Balaban J connectivity index is 1.70. The SMILES string of the molecule is O=S(=O)(c1cnc(Cl)s1)N1CCC(N2CCCCC2)C1. The Bertz CT molecular complexity index is 569. The summed E-state index contributed by atoms with van der Waals surface area (Å²) in [5.74, 6) is 0. The lowest BCUT2D eigenvalue weighted by Gasteiger charge is -2.32. The number of hydrogen-bond donors (Lipinski definition) is 0. The van der Waals surface area contributed by atoms with Gasteiger partial charge in [0, 0.05) is 19.1 Å². The Labute approximate surface area is 128 Å². The second kappa shape index (κ2) is 5.88. The highest BCUT2D eigenvalue weighted by Crippen LogP contribution is 2.29. The molecule has 0 aromatic carbocycles. The van der Waals surface area contributed by atoms with Gasteiger partial charge in [-0.2, -0.15) is 4.31 Å². The summed E-state index contributed by atoms with van der Waals surface area (Å²) in [5, 5.41) is 0. The number of halogens is 1. The minimum Gasteiger partial charge on any atom is -0.299 e. The van der Waals surface area contributed by atoms with E-state index in [0.29, 0.717) is 19.1 Å². The van der Waals surface area contributed by atoms with Gasteiger partial charge in [0.2, 0.25) is 0 Å². The molecule has 0 amide bonds. The fourth-order valence-electron chi connectivity index (χ4n) is 3.00. The minimum atomic E-state index is -3.41. The first-order valence-electron chi connectivity index (χ1n) is 6.93. The van der Waals surface area contributed by atoms with E-state index >= 15 is 0 Å². The van der Waals surface area contributed by atoms with Gasteiger partial charge in [0.05, 0.1) is 6.20 Å². The van der Waals surface area contributed by atoms with Crippen LogP contribution in [0.15, 0.2) is 10.4 Å². The zero-order valence-corrected chi connectivity index (χ0v) is 13.6. The van der Waals surface area contributed by atoms with Crippen LogP contribution in [0.1, 0.15) is 25.7 Å². The highest BCUT2D eigenvalue weighted by molar-refractivity contribution is 7.91. The monoisotopic (exact) mass is 335 g/mol. The van der Waals surface area contributed by atoms with Gasteiger partial charge in [-0.05, 0) is 32.4 Å². The van der Waals surface area contributed by atoms with Gasteiger partial charge in [-0.3, -0.25) is 4.90 Å². The number of likely N-dealkylation sites (tertiary alicyclic amines) is 1. The van der Waals surface area contributed by atoms with Crippen molar-refractivity contribution in [2.45, 2.75) is 35.9 Å². The van der Waals surface area contributed by atoms with E-state index in [2.05, 4.69) is 9.88 Å². The Hall–Kier alpha value is -0.210. The van der Waals surface area contributed by atoms with Gasteiger partial charge in [0.25, 0.3) is 10.0 Å². The van der Waals surface area contributed by atoms with Crippen molar-refractivity contribution in [1.82, 2.24) is 14.2 Å². The summed E-state index contributed by atoms with van der Waals surface area (Å²) in [6.45, 7) is 3.40. The summed E-state index contributed by atoms with van der Waals surface area (Å²) in [7, 11) is -3.41. The van der Waals surface area contributed by atoms with E-state index in [1.54, 1.807) is 4.31 Å². The molecule has 5 nitrogen and oxygen atoms in total. The van der Waals surface area contributed by atoms with Crippen molar-refractivity contribution < 1.29 is 8.42 Å². The van der Waals surface area contributed by atoms with Crippen molar-refractivity contribution in [2.75, 3.05) is 26.2 Å². The van der Waals surface area contributed by atoms with Gasteiger partial charge in [-0.15, -0.1) is 0 Å². The zero-order chi connectivity index (χ0) is 14.2. The van der Waals surface area contributed by atoms with Crippen LogP contribution in [0, 0.1) is 0 Å². The van der Waals surface area contributed by atoms with Crippen molar-refractivity contribution in [2.24, 2.45) is 0 Å². The lowest BCUT2D eigenvalue weighted by atomic mass is 10.1. The van der Waals surface area contributed by atoms with Gasteiger partial charge in [0.15, 0.2) is 8.68 Å². The average Bonchev–Trinajstić information content (AvgIpc) is 3.09. The third-order valence-corrected chi connectivity index (χ3v) is 7.50. The Morgan fingerprint density at radius 3 is 2.65 bits per heavy atom. The standard InChI is InChI=1S/C12H18ClN3O2S2/c13-12-14-8-11(19-12)20(17,18)16-7-4-10(9-16)15-5-2-1-3-6-15/h8,10H,1-7,9H2. The summed E-state index contributed by atoms with van der Waals surface area (Å²) >= 11 is 6.77. The molecule has 0 N–H and O–H groups in total. The molecule has 0 aliphatic carbocycles. The number of thiazole rings is 1. The molecular formula is C12H18ClN3O2S2. The van der Waals surface area contributed by atoms with Crippen molar-refractivity contribution in [1.29, 1.82) is 0 Å². The fourth-order valence-corrected chi connectivity index (χ4v) is 5.94. The molecule has 8 heteroatoms. The molecule has 0 saturated carbocycles. The number of nitrogens with zero attached hydrogens (tertiary/aromatic N) is 3. The highest BCUT2D eigenvalue weighted by atomic mass is 35.5. The molecule has 1 atom stereocenters. The number of sulfonamides is 1. The van der Waals surface area contributed by atoms with E-state index in [0.717, 1.165) is 30.8 Å². The van der Waals surface area contributed by atoms with Crippen LogP contribution in [-0.2, 0) is 10.0 Å². The topological polar surface area (TPSA) is 53.5 Å². The molecule has 1 unspecified atom stereocenters. The predicted octanol–water partition coefficient (Wildman–Crippen LogP) is 2.05. The third-order valence-electron chi connectivity index (χ3n) is 4.08. The number of piperidine rings is 1. The van der Waals surface area contributed by atoms with E-state index in [-0.39, 0.29) is 8.68 Å². The van der Waals surface area contributed by atoms with Crippen LogP contribution < -0.4 is 0 Å². The molecule has 1 aromatic heterocycles. The number of aromatic nitrogens is 1. The predicted molar refractivity (Wildman–Crippen MR) is 79.7 cm³/mol. The van der Waals surface area contributed by atoms with E-state index in [9.17, 15) is 8.42 Å². The quantitative estimate of drug-likeness (QED) is 0.848. The number of hydrogen-bond acceptors (Lipinski definition) is 5. The van der Waals surface area contributed by atoms with Crippen molar-refractivity contribution in [3.8, 4) is 0 Å². The van der Waals surface area contributed by atoms with Crippen molar-refractivity contribution in [3.05, 3.63) is 10.7 Å². The van der Waals surface area contributed by atoms with Crippen molar-refractivity contribution in [3.63, 3.8) is 0 Å². The average molecular weight is 336 g/mol. The van der Waals surface area contributed by atoms with Gasteiger partial charge >= 0.3 is 0 Å². The first kappa shape index (κ1) is 14.7. The van der Waals surface area contributed by atoms with Gasteiger partial charge in [-0.1, -0.05) is 29.4 Å². The maximum atomic E-state index is 12.5. The summed E-state index contributed by atoms with van der Waals surface area (Å²) < 4.78 is 27.1. The second-order valence-corrected chi connectivity index (χ2v) is 9.11. The fraction of sp³-hybridized carbons (Fsp3) is 0.750. The highest BCUT2D eigenvalue weighted by Gasteiger charge is 2.36. The summed E-state index contributed by atoms with van der Waals surface area (Å²) in [6.07, 6.45) is 6.04. The zero-order valence-electron chi connectivity index (χ0n) is 11.2. The van der Waals surface area contributed by atoms with Crippen molar-refractivity contribution >= 4 is 33.0 Å². The van der Waals surface area contributed by atoms with Crippen LogP contribution in [0.2, 0.25) is 4.47 Å². The van der Waals surface area contributed by atoms with Gasteiger partial charge in [0.1, 0.15) is 0 Å². The summed E-state index contributed by atoms with van der Waals surface area (Å²) in [6, 6.07) is 0.369. The molecule has 2 fully saturated rings. The summed E-state index contributed by atoms with van der Waals surface area (Å²) in [5.41, 5.74) is 0. The lowest BCUT2D eigenvalue weighted by Crippen LogP contribution is -2.41. The smallest absolute Gasteiger partial charge is 0.254 e. The maximum absolute atomic E-state index is 12.5. The van der Waals surface area contributed by atoms with Crippen LogP contribution in [-0.4, -0.2) is 54.8 Å². The lowest BCUT2D eigenvalue weighted by molar-refractivity contribution is 0.169. The Morgan fingerprint density at radius 1 is 1.25 bits per heavy atom. The molecule has 3 rings (SSSR count). The van der Waals surface area contributed by atoms with E-state index in [4.69, 9.17) is 11.6 Å². The normalized spacial score (nSPS) is 26.1. The van der Waals surface area contributed by atoms with Gasteiger partial charge < -0.3 is 0 Å².